The third kappa shape index (κ3) is 5.29. The van der Waals surface area contributed by atoms with E-state index in [2.05, 4.69) is 10.0 Å². The van der Waals surface area contributed by atoms with E-state index in [1.165, 1.54) is 19.3 Å². The molecular formula is C19H19N3O4. The zero-order valence-electron chi connectivity index (χ0n) is 14.3. The third-order valence-corrected chi connectivity index (χ3v) is 3.51. The number of hydrogen-bond donors (Lipinski definition) is 1. The molecule has 7 nitrogen and oxygen atoms in total. The molecule has 0 aromatic heterocycles. The first-order valence-electron chi connectivity index (χ1n) is 7.98. The number of phenolic OH excluding ortho intramolecular Hbond substituents is 1. The number of benzene rings is 2. The Labute approximate surface area is 151 Å². The van der Waals surface area contributed by atoms with Crippen molar-refractivity contribution in [3.8, 4) is 17.2 Å². The Bertz CT molecular complexity index is 842. The van der Waals surface area contributed by atoms with Crippen LogP contribution < -0.4 is 9.47 Å². The Balaban J connectivity index is 2.05. The van der Waals surface area contributed by atoms with Crippen molar-refractivity contribution in [2.75, 3.05) is 20.3 Å². The number of methoxy groups -OCH3 is 1. The van der Waals surface area contributed by atoms with Crippen LogP contribution in [-0.2, 0) is 0 Å². The van der Waals surface area contributed by atoms with Crippen molar-refractivity contribution in [1.29, 1.82) is 0 Å². The maximum atomic E-state index is 12.2. The molecule has 0 fully saturated rings. The molecule has 0 aliphatic carbocycles. The molecule has 0 saturated heterocycles. The highest BCUT2D eigenvalue weighted by Crippen LogP contribution is 2.29. The summed E-state index contributed by atoms with van der Waals surface area (Å²) in [6.07, 6.45) is 3.64. The normalized spacial score (nSPS) is 10.3. The minimum Gasteiger partial charge on any atom is -0.507 e. The topological polar surface area (TPSA) is 105 Å². The van der Waals surface area contributed by atoms with Gasteiger partial charge in [-0.1, -0.05) is 29.4 Å². The van der Waals surface area contributed by atoms with E-state index < -0.39 is 0 Å². The minimum atomic E-state index is -0.291. The van der Waals surface area contributed by atoms with Crippen LogP contribution in [0.15, 0.2) is 53.7 Å². The van der Waals surface area contributed by atoms with Crippen LogP contribution >= 0.6 is 0 Å². The molecule has 1 N–H and O–H groups in total. The van der Waals surface area contributed by atoms with E-state index in [0.29, 0.717) is 31.1 Å². The molecule has 7 heteroatoms. The lowest BCUT2D eigenvalue weighted by Crippen LogP contribution is -2.00. The van der Waals surface area contributed by atoms with Crippen molar-refractivity contribution in [2.24, 2.45) is 5.11 Å². The van der Waals surface area contributed by atoms with Gasteiger partial charge in [0.05, 0.1) is 19.3 Å². The van der Waals surface area contributed by atoms with Crippen molar-refractivity contribution in [2.45, 2.75) is 6.42 Å². The number of hydrogen-bond acceptors (Lipinski definition) is 5. The second-order valence-electron chi connectivity index (χ2n) is 5.28. The quantitative estimate of drug-likeness (QED) is 0.180. The van der Waals surface area contributed by atoms with Gasteiger partial charge < -0.3 is 14.6 Å². The average molecular weight is 353 g/mol. The van der Waals surface area contributed by atoms with Gasteiger partial charge in [-0.3, -0.25) is 4.79 Å². The number of ether oxygens (including phenoxy) is 2. The molecule has 0 atom stereocenters. The first-order chi connectivity index (χ1) is 12.7. The Hall–Kier alpha value is -3.44. The number of aromatic hydroxyl groups is 1. The van der Waals surface area contributed by atoms with Crippen LogP contribution in [0.2, 0.25) is 0 Å². The Kier molecular flexibility index (Phi) is 7.09. The lowest BCUT2D eigenvalue weighted by molar-refractivity contribution is 0.104. The molecular weight excluding hydrogens is 334 g/mol. The van der Waals surface area contributed by atoms with Gasteiger partial charge in [-0.25, -0.2) is 0 Å². The molecule has 2 rings (SSSR count). The maximum absolute atomic E-state index is 12.2. The van der Waals surface area contributed by atoms with Gasteiger partial charge in [0.1, 0.15) is 5.75 Å². The van der Waals surface area contributed by atoms with E-state index in [4.69, 9.17) is 15.0 Å². The fourth-order valence-corrected chi connectivity index (χ4v) is 2.21. The summed E-state index contributed by atoms with van der Waals surface area (Å²) in [6.45, 7) is 0.768. The van der Waals surface area contributed by atoms with Gasteiger partial charge in [-0.2, -0.15) is 0 Å². The Morgan fingerprint density at radius 2 is 2.08 bits per heavy atom. The fraction of sp³-hybridized carbons (Fsp3) is 0.211. The molecule has 0 heterocycles. The van der Waals surface area contributed by atoms with Crippen LogP contribution in [-0.4, -0.2) is 31.2 Å². The number of carbonyl (C=O) groups is 1. The monoisotopic (exact) mass is 353 g/mol. The van der Waals surface area contributed by atoms with Gasteiger partial charge >= 0.3 is 0 Å². The second kappa shape index (κ2) is 9.76. The largest absolute Gasteiger partial charge is 0.507 e. The molecule has 0 bridgehead atoms. The van der Waals surface area contributed by atoms with E-state index in [0.717, 1.165) is 5.56 Å². The molecule has 0 aliphatic heterocycles. The number of ketones is 1. The predicted octanol–water partition coefficient (Wildman–Crippen LogP) is 4.38. The number of carbonyl (C=O) groups excluding carboxylic acids is 1. The van der Waals surface area contributed by atoms with Gasteiger partial charge in [0.2, 0.25) is 0 Å². The van der Waals surface area contributed by atoms with Crippen LogP contribution in [0, 0.1) is 0 Å². The highest BCUT2D eigenvalue weighted by molar-refractivity contribution is 6.08. The number of azide groups is 1. The summed E-state index contributed by atoms with van der Waals surface area (Å²) in [5.74, 6) is 0.758. The molecule has 0 amide bonds. The first kappa shape index (κ1) is 18.9. The van der Waals surface area contributed by atoms with Gasteiger partial charge in [0.15, 0.2) is 17.3 Å². The molecule has 0 spiro atoms. The highest BCUT2D eigenvalue weighted by Gasteiger charge is 2.08. The number of rotatable bonds is 9. The lowest BCUT2D eigenvalue weighted by atomic mass is 10.1. The minimum absolute atomic E-state index is 0.0517. The summed E-state index contributed by atoms with van der Waals surface area (Å²) in [5, 5.41) is 13.2. The van der Waals surface area contributed by atoms with Crippen molar-refractivity contribution in [3.05, 3.63) is 70.1 Å². The first-order valence-corrected chi connectivity index (χ1v) is 7.98. The smallest absolute Gasteiger partial charge is 0.189 e. The molecule has 2 aromatic carbocycles. The van der Waals surface area contributed by atoms with Crippen molar-refractivity contribution < 1.29 is 19.4 Å². The predicted molar refractivity (Wildman–Crippen MR) is 98.6 cm³/mol. The van der Waals surface area contributed by atoms with Gasteiger partial charge in [0.25, 0.3) is 0 Å². The second-order valence-corrected chi connectivity index (χ2v) is 5.28. The summed E-state index contributed by atoms with van der Waals surface area (Å²) in [6, 6.07) is 11.7. The number of phenols is 1. The maximum Gasteiger partial charge on any atom is 0.189 e. The molecule has 26 heavy (non-hydrogen) atoms. The van der Waals surface area contributed by atoms with Gasteiger partial charge in [-0.05, 0) is 47.9 Å². The number of allylic oxidation sites excluding steroid dienone is 1. The zero-order valence-corrected chi connectivity index (χ0v) is 14.3. The molecule has 0 radical (unpaired) electrons. The Morgan fingerprint density at radius 1 is 1.27 bits per heavy atom. The molecule has 2 aromatic rings. The van der Waals surface area contributed by atoms with E-state index >= 15 is 0 Å². The fourth-order valence-electron chi connectivity index (χ4n) is 2.21. The summed E-state index contributed by atoms with van der Waals surface area (Å²) in [5.41, 5.74) is 9.23. The van der Waals surface area contributed by atoms with E-state index in [1.54, 1.807) is 42.5 Å². The molecule has 0 aliphatic rings. The third-order valence-electron chi connectivity index (χ3n) is 3.51. The standard InChI is InChI=1S/C19H19N3O4/c1-25-19-13-14(8-10-18(19)26-12-4-11-21-22-20)7-9-17(24)15-5-2-3-6-16(15)23/h2-3,5-10,13,23H,4,11-12H2,1H3/b9-7+. The lowest BCUT2D eigenvalue weighted by Gasteiger charge is -2.10. The van der Waals surface area contributed by atoms with Crippen LogP contribution in [0.4, 0.5) is 0 Å². The summed E-state index contributed by atoms with van der Waals surface area (Å²) in [7, 11) is 1.53. The number of nitrogens with zero attached hydrogens (tertiary/aromatic N) is 3. The molecule has 134 valence electrons. The van der Waals surface area contributed by atoms with Crippen LogP contribution in [0.25, 0.3) is 16.5 Å². The van der Waals surface area contributed by atoms with Crippen LogP contribution in [0.1, 0.15) is 22.3 Å². The zero-order chi connectivity index (χ0) is 18.8. The highest BCUT2D eigenvalue weighted by atomic mass is 16.5. The van der Waals surface area contributed by atoms with Crippen LogP contribution in [0.5, 0.6) is 17.2 Å². The molecule has 0 saturated carbocycles. The summed E-state index contributed by atoms with van der Waals surface area (Å²) >= 11 is 0. The summed E-state index contributed by atoms with van der Waals surface area (Å²) in [4.78, 5) is 14.8. The van der Waals surface area contributed by atoms with E-state index in [9.17, 15) is 9.90 Å². The van der Waals surface area contributed by atoms with Crippen LogP contribution in [0.3, 0.4) is 0 Å². The molecule has 0 unspecified atom stereocenters. The van der Waals surface area contributed by atoms with Gasteiger partial charge in [0, 0.05) is 11.5 Å². The van der Waals surface area contributed by atoms with Gasteiger partial charge in [-0.15, -0.1) is 0 Å². The number of para-hydroxylation sites is 1. The van der Waals surface area contributed by atoms with Crippen molar-refractivity contribution >= 4 is 11.9 Å². The SMILES string of the molecule is COc1cc(/C=C/C(=O)c2ccccc2O)ccc1OCCCN=[N+]=[N-]. The van der Waals surface area contributed by atoms with E-state index in [-0.39, 0.29) is 17.1 Å². The van der Waals surface area contributed by atoms with E-state index in [1.807, 2.05) is 0 Å². The Morgan fingerprint density at radius 3 is 2.81 bits per heavy atom. The van der Waals surface area contributed by atoms with Crippen molar-refractivity contribution in [1.82, 2.24) is 0 Å². The average Bonchev–Trinajstić information content (AvgIpc) is 2.66. The van der Waals surface area contributed by atoms with Crippen molar-refractivity contribution in [3.63, 3.8) is 0 Å². The summed E-state index contributed by atoms with van der Waals surface area (Å²) < 4.78 is 10.9.